The van der Waals surface area contributed by atoms with Gasteiger partial charge in [-0.1, -0.05) is 0 Å². The Labute approximate surface area is 112 Å². The molecule has 1 aliphatic heterocycles. The SMILES string of the molecule is Cl.NCC1CCN(c2ncccc2[N+](=O)[O-])CC1. The average molecular weight is 273 g/mol. The zero-order chi connectivity index (χ0) is 12.3. The molecule has 2 N–H and O–H groups in total. The second kappa shape index (κ2) is 6.51. The van der Waals surface area contributed by atoms with E-state index in [1.165, 1.54) is 6.07 Å². The van der Waals surface area contributed by atoms with Gasteiger partial charge in [0.2, 0.25) is 5.82 Å². The monoisotopic (exact) mass is 272 g/mol. The van der Waals surface area contributed by atoms with E-state index < -0.39 is 0 Å². The molecule has 6 nitrogen and oxygen atoms in total. The van der Waals surface area contributed by atoms with Crippen LogP contribution >= 0.6 is 12.4 Å². The van der Waals surface area contributed by atoms with E-state index in [4.69, 9.17) is 5.73 Å². The molecule has 2 heterocycles. The van der Waals surface area contributed by atoms with Crippen LogP contribution < -0.4 is 10.6 Å². The summed E-state index contributed by atoms with van der Waals surface area (Å²) in [5.74, 6) is 1.02. The molecule has 1 saturated heterocycles. The molecule has 7 heteroatoms. The van der Waals surface area contributed by atoms with Gasteiger partial charge < -0.3 is 10.6 Å². The summed E-state index contributed by atoms with van der Waals surface area (Å²) in [4.78, 5) is 16.6. The largest absolute Gasteiger partial charge is 0.351 e. The van der Waals surface area contributed by atoms with E-state index in [1.54, 1.807) is 12.3 Å². The molecule has 0 amide bonds. The fourth-order valence-electron chi connectivity index (χ4n) is 2.16. The van der Waals surface area contributed by atoms with Gasteiger partial charge in [-0.3, -0.25) is 10.1 Å². The van der Waals surface area contributed by atoms with Crippen molar-refractivity contribution in [3.05, 3.63) is 28.4 Å². The second-order valence-electron chi connectivity index (χ2n) is 4.27. The van der Waals surface area contributed by atoms with Crippen LogP contribution in [0.15, 0.2) is 18.3 Å². The first kappa shape index (κ1) is 14.7. The van der Waals surface area contributed by atoms with Gasteiger partial charge >= 0.3 is 5.69 Å². The van der Waals surface area contributed by atoms with Gasteiger partial charge in [-0.2, -0.15) is 0 Å². The van der Waals surface area contributed by atoms with Crippen LogP contribution in [-0.4, -0.2) is 29.5 Å². The highest BCUT2D eigenvalue weighted by Crippen LogP contribution is 2.28. The molecule has 18 heavy (non-hydrogen) atoms. The van der Waals surface area contributed by atoms with Gasteiger partial charge in [0.15, 0.2) is 0 Å². The van der Waals surface area contributed by atoms with E-state index in [0.717, 1.165) is 25.9 Å². The van der Waals surface area contributed by atoms with Crippen LogP contribution in [0.5, 0.6) is 0 Å². The minimum Gasteiger partial charge on any atom is -0.351 e. The van der Waals surface area contributed by atoms with Crippen LogP contribution in [0.4, 0.5) is 11.5 Å². The summed E-state index contributed by atoms with van der Waals surface area (Å²) >= 11 is 0. The molecule has 0 atom stereocenters. The normalized spacial score (nSPS) is 16.2. The van der Waals surface area contributed by atoms with Crippen LogP contribution in [0.25, 0.3) is 0 Å². The van der Waals surface area contributed by atoms with Gasteiger partial charge in [-0.25, -0.2) is 4.98 Å². The van der Waals surface area contributed by atoms with Crippen molar-refractivity contribution in [1.29, 1.82) is 0 Å². The number of nitro groups is 1. The van der Waals surface area contributed by atoms with Crippen LogP contribution in [0.1, 0.15) is 12.8 Å². The van der Waals surface area contributed by atoms with Crippen molar-refractivity contribution >= 4 is 23.9 Å². The predicted octanol–water partition coefficient (Wildman–Crippen LogP) is 1.59. The number of rotatable bonds is 3. The van der Waals surface area contributed by atoms with Gasteiger partial charge in [-0.05, 0) is 31.4 Å². The predicted molar refractivity (Wildman–Crippen MR) is 72.1 cm³/mol. The Morgan fingerprint density at radius 2 is 2.17 bits per heavy atom. The number of anilines is 1. The van der Waals surface area contributed by atoms with Crippen molar-refractivity contribution in [3.63, 3.8) is 0 Å². The number of nitrogens with zero attached hydrogens (tertiary/aromatic N) is 3. The first-order valence-corrected chi connectivity index (χ1v) is 5.76. The lowest BCUT2D eigenvalue weighted by molar-refractivity contribution is -0.384. The number of piperidine rings is 1. The molecule has 0 saturated carbocycles. The molecule has 0 radical (unpaired) electrons. The Hall–Kier alpha value is -1.40. The zero-order valence-electron chi connectivity index (χ0n) is 9.99. The molecule has 0 unspecified atom stereocenters. The van der Waals surface area contributed by atoms with Crippen LogP contribution in [-0.2, 0) is 0 Å². The third-order valence-electron chi connectivity index (χ3n) is 3.21. The van der Waals surface area contributed by atoms with Crippen molar-refractivity contribution in [1.82, 2.24) is 4.98 Å². The number of pyridine rings is 1. The molecular formula is C11H17ClN4O2. The van der Waals surface area contributed by atoms with E-state index in [-0.39, 0.29) is 23.0 Å². The summed E-state index contributed by atoms with van der Waals surface area (Å²) in [5, 5.41) is 10.9. The Bertz CT molecular complexity index is 408. The highest BCUT2D eigenvalue weighted by Gasteiger charge is 2.24. The van der Waals surface area contributed by atoms with E-state index in [2.05, 4.69) is 4.98 Å². The number of hydrogen-bond donors (Lipinski definition) is 1. The third kappa shape index (κ3) is 3.08. The molecule has 0 bridgehead atoms. The van der Waals surface area contributed by atoms with Gasteiger partial charge in [0, 0.05) is 25.4 Å². The second-order valence-corrected chi connectivity index (χ2v) is 4.27. The summed E-state index contributed by atoms with van der Waals surface area (Å²) < 4.78 is 0. The smallest absolute Gasteiger partial charge is 0.311 e. The molecule has 0 aliphatic carbocycles. The Morgan fingerprint density at radius 3 is 2.72 bits per heavy atom. The van der Waals surface area contributed by atoms with Crippen LogP contribution in [0.2, 0.25) is 0 Å². The number of aromatic nitrogens is 1. The van der Waals surface area contributed by atoms with Crippen molar-refractivity contribution in [2.45, 2.75) is 12.8 Å². The molecule has 1 aromatic heterocycles. The summed E-state index contributed by atoms with van der Waals surface area (Å²) in [6.45, 7) is 2.28. The molecule has 1 fully saturated rings. The molecule has 2 rings (SSSR count). The highest BCUT2D eigenvalue weighted by atomic mass is 35.5. The van der Waals surface area contributed by atoms with Crippen molar-refractivity contribution in [2.75, 3.05) is 24.5 Å². The Kier molecular flexibility index (Phi) is 5.30. The molecule has 1 aromatic rings. The third-order valence-corrected chi connectivity index (χ3v) is 3.21. The van der Waals surface area contributed by atoms with Crippen LogP contribution in [0, 0.1) is 16.0 Å². The zero-order valence-corrected chi connectivity index (χ0v) is 10.8. The van der Waals surface area contributed by atoms with Gasteiger partial charge in [0.25, 0.3) is 0 Å². The minimum atomic E-state index is -0.378. The molecule has 0 spiro atoms. The maximum Gasteiger partial charge on any atom is 0.311 e. The average Bonchev–Trinajstić information content (AvgIpc) is 2.39. The standard InChI is InChI=1S/C11H16N4O2.ClH/c12-8-9-3-6-14(7-4-9)11-10(15(16)17)2-1-5-13-11;/h1-2,5,9H,3-4,6-8,12H2;1H. The fraction of sp³-hybridized carbons (Fsp3) is 0.545. The van der Waals surface area contributed by atoms with Crippen LogP contribution in [0.3, 0.4) is 0 Å². The van der Waals surface area contributed by atoms with E-state index in [0.29, 0.717) is 18.3 Å². The van der Waals surface area contributed by atoms with Gasteiger partial charge in [0.1, 0.15) is 0 Å². The summed E-state index contributed by atoms with van der Waals surface area (Å²) in [6.07, 6.45) is 3.55. The molecular weight excluding hydrogens is 256 g/mol. The minimum absolute atomic E-state index is 0. The maximum absolute atomic E-state index is 10.9. The lowest BCUT2D eigenvalue weighted by Gasteiger charge is -2.31. The van der Waals surface area contributed by atoms with Crippen molar-refractivity contribution < 1.29 is 4.92 Å². The molecule has 0 aromatic carbocycles. The summed E-state index contributed by atoms with van der Waals surface area (Å²) in [5.41, 5.74) is 5.71. The topological polar surface area (TPSA) is 85.3 Å². The van der Waals surface area contributed by atoms with E-state index >= 15 is 0 Å². The van der Waals surface area contributed by atoms with E-state index in [1.807, 2.05) is 4.90 Å². The summed E-state index contributed by atoms with van der Waals surface area (Å²) in [7, 11) is 0. The molecule has 1 aliphatic rings. The van der Waals surface area contributed by atoms with Crippen molar-refractivity contribution in [2.24, 2.45) is 11.7 Å². The first-order valence-electron chi connectivity index (χ1n) is 5.76. The lowest BCUT2D eigenvalue weighted by Crippen LogP contribution is -2.36. The Morgan fingerprint density at radius 1 is 1.50 bits per heavy atom. The van der Waals surface area contributed by atoms with Gasteiger partial charge in [0.05, 0.1) is 4.92 Å². The molecule has 100 valence electrons. The summed E-state index contributed by atoms with van der Waals surface area (Å²) in [6, 6.07) is 3.09. The quantitative estimate of drug-likeness (QED) is 0.667. The highest BCUT2D eigenvalue weighted by molar-refractivity contribution is 5.85. The lowest BCUT2D eigenvalue weighted by atomic mass is 9.97. The number of nitrogens with two attached hydrogens (primary N) is 1. The van der Waals surface area contributed by atoms with Crippen molar-refractivity contribution in [3.8, 4) is 0 Å². The Balaban J connectivity index is 0.00000162. The van der Waals surface area contributed by atoms with E-state index in [9.17, 15) is 10.1 Å². The number of halogens is 1. The number of hydrogen-bond acceptors (Lipinski definition) is 5. The van der Waals surface area contributed by atoms with Gasteiger partial charge in [-0.15, -0.1) is 12.4 Å². The first-order chi connectivity index (χ1) is 8.22. The fourth-order valence-corrected chi connectivity index (χ4v) is 2.16. The maximum atomic E-state index is 10.9.